The molecule has 3 N–H and O–H groups in total. The number of primary amides is 1. The lowest BCUT2D eigenvalue weighted by molar-refractivity contribution is -0.0709. The van der Waals surface area contributed by atoms with E-state index in [1.54, 1.807) is 18.7 Å². The first-order chi connectivity index (χ1) is 10.5. The maximum atomic E-state index is 11.1. The highest BCUT2D eigenvalue weighted by molar-refractivity contribution is 7.99. The Balaban J connectivity index is 1.99. The van der Waals surface area contributed by atoms with Crippen molar-refractivity contribution < 1.29 is 10.0 Å². The topological polar surface area (TPSA) is 69.8 Å². The number of benzene rings is 2. The second-order valence-electron chi connectivity index (χ2n) is 5.21. The van der Waals surface area contributed by atoms with Gasteiger partial charge in [-0.15, -0.1) is 0 Å². The molecule has 0 aromatic heterocycles. The summed E-state index contributed by atoms with van der Waals surface area (Å²) in [5.41, 5.74) is 8.14. The molecule has 3 rings (SSSR count). The average molecular weight is 315 g/mol. The third-order valence-corrected chi connectivity index (χ3v) is 5.00. The number of fused-ring (bicyclic) bond motifs is 2. The van der Waals surface area contributed by atoms with Gasteiger partial charge in [0.2, 0.25) is 0 Å². The Hall–Kier alpha value is -2.18. The zero-order chi connectivity index (χ0) is 15.9. The summed E-state index contributed by atoms with van der Waals surface area (Å²) in [7, 11) is 2.01. The molecular formula is C16H17N3O2S. The van der Waals surface area contributed by atoms with Gasteiger partial charge in [-0.1, -0.05) is 30.0 Å². The third-order valence-electron chi connectivity index (χ3n) is 3.87. The molecule has 0 saturated carbocycles. The van der Waals surface area contributed by atoms with Crippen LogP contribution in [0.5, 0.6) is 0 Å². The second-order valence-corrected chi connectivity index (χ2v) is 6.30. The smallest absolute Gasteiger partial charge is 0.339 e. The first-order valence-electron chi connectivity index (χ1n) is 6.91. The van der Waals surface area contributed by atoms with Crippen molar-refractivity contribution in [1.29, 1.82) is 0 Å². The number of rotatable bonds is 2. The second kappa shape index (κ2) is 5.55. The van der Waals surface area contributed by atoms with Crippen LogP contribution in [0, 0.1) is 0 Å². The Labute approximate surface area is 133 Å². The lowest BCUT2D eigenvalue weighted by Gasteiger charge is -2.31. The van der Waals surface area contributed by atoms with Gasteiger partial charge in [0.25, 0.3) is 0 Å². The van der Waals surface area contributed by atoms with Crippen molar-refractivity contribution in [3.05, 3.63) is 48.0 Å². The maximum Gasteiger partial charge on any atom is 0.339 e. The van der Waals surface area contributed by atoms with Gasteiger partial charge in [-0.2, -0.15) is 5.06 Å². The van der Waals surface area contributed by atoms with E-state index in [-0.39, 0.29) is 0 Å². The number of urea groups is 1. The Morgan fingerprint density at radius 2 is 1.91 bits per heavy atom. The molecule has 1 atom stereocenters. The van der Waals surface area contributed by atoms with Crippen LogP contribution in [0.3, 0.4) is 0 Å². The highest BCUT2D eigenvalue weighted by Crippen LogP contribution is 2.47. The number of hydrogen-bond donors (Lipinski definition) is 2. The van der Waals surface area contributed by atoms with Crippen molar-refractivity contribution in [2.45, 2.75) is 22.8 Å². The van der Waals surface area contributed by atoms with Gasteiger partial charge in [0.05, 0.1) is 17.4 Å². The SMILES string of the molecule is CC(c1ccc2c(c1)N(C)c1ccccc1S2)N(O)C(N)=O. The molecule has 1 aliphatic rings. The largest absolute Gasteiger partial charge is 0.350 e. The van der Waals surface area contributed by atoms with Crippen molar-refractivity contribution in [3.8, 4) is 0 Å². The first-order valence-corrected chi connectivity index (χ1v) is 7.73. The van der Waals surface area contributed by atoms with Crippen molar-refractivity contribution in [3.63, 3.8) is 0 Å². The fraction of sp³-hybridized carbons (Fsp3) is 0.188. The summed E-state index contributed by atoms with van der Waals surface area (Å²) < 4.78 is 0. The van der Waals surface area contributed by atoms with Gasteiger partial charge in [0.1, 0.15) is 0 Å². The summed E-state index contributed by atoms with van der Waals surface area (Å²) in [5, 5.41) is 10.3. The number of amides is 2. The molecule has 0 bridgehead atoms. The fourth-order valence-corrected chi connectivity index (χ4v) is 3.67. The molecule has 2 aromatic carbocycles. The molecule has 1 unspecified atom stereocenters. The van der Waals surface area contributed by atoms with Crippen molar-refractivity contribution in [1.82, 2.24) is 5.06 Å². The van der Waals surface area contributed by atoms with E-state index in [1.807, 2.05) is 37.4 Å². The minimum absolute atomic E-state index is 0.502. The predicted octanol–water partition coefficient (Wildman–Crippen LogP) is 3.75. The first kappa shape index (κ1) is 14.7. The van der Waals surface area contributed by atoms with Crippen LogP contribution in [0.1, 0.15) is 18.5 Å². The lowest BCUT2D eigenvalue weighted by Crippen LogP contribution is -2.34. The van der Waals surface area contributed by atoms with Gasteiger partial charge in [-0.25, -0.2) is 4.79 Å². The minimum atomic E-state index is -0.863. The van der Waals surface area contributed by atoms with Crippen LogP contribution in [-0.2, 0) is 0 Å². The molecule has 2 amide bonds. The molecule has 1 heterocycles. The number of carbonyl (C=O) groups excluding carboxylic acids is 1. The molecule has 0 radical (unpaired) electrons. The summed E-state index contributed by atoms with van der Waals surface area (Å²) >= 11 is 1.71. The van der Waals surface area contributed by atoms with Gasteiger partial charge in [0, 0.05) is 16.8 Å². The molecular weight excluding hydrogens is 298 g/mol. The Morgan fingerprint density at radius 3 is 2.64 bits per heavy atom. The van der Waals surface area contributed by atoms with Crippen LogP contribution in [-0.4, -0.2) is 23.3 Å². The van der Waals surface area contributed by atoms with Crippen LogP contribution in [0.4, 0.5) is 16.2 Å². The molecule has 0 fully saturated rings. The summed E-state index contributed by atoms with van der Waals surface area (Å²) in [6, 6.07) is 12.7. The number of hydrogen-bond acceptors (Lipinski definition) is 4. The van der Waals surface area contributed by atoms with Crippen LogP contribution in [0.15, 0.2) is 52.3 Å². The summed E-state index contributed by atoms with van der Waals surface area (Å²) in [6.07, 6.45) is 0. The zero-order valence-electron chi connectivity index (χ0n) is 12.4. The minimum Gasteiger partial charge on any atom is -0.350 e. The Bertz CT molecular complexity index is 735. The van der Waals surface area contributed by atoms with Crippen LogP contribution < -0.4 is 10.6 Å². The van der Waals surface area contributed by atoms with Crippen LogP contribution in [0.2, 0.25) is 0 Å². The van der Waals surface area contributed by atoms with Gasteiger partial charge < -0.3 is 10.6 Å². The molecule has 0 spiro atoms. The summed E-state index contributed by atoms with van der Waals surface area (Å²) in [5.74, 6) is 0. The average Bonchev–Trinajstić information content (AvgIpc) is 2.53. The Morgan fingerprint density at radius 1 is 1.23 bits per heavy atom. The quantitative estimate of drug-likeness (QED) is 0.654. The van der Waals surface area contributed by atoms with Crippen molar-refractivity contribution in [2.24, 2.45) is 5.73 Å². The number of hydroxylamine groups is 2. The molecule has 114 valence electrons. The van der Waals surface area contributed by atoms with E-state index in [0.717, 1.165) is 21.8 Å². The molecule has 2 aromatic rings. The van der Waals surface area contributed by atoms with E-state index in [0.29, 0.717) is 5.06 Å². The summed E-state index contributed by atoms with van der Waals surface area (Å²) in [4.78, 5) is 15.6. The zero-order valence-corrected chi connectivity index (χ0v) is 13.2. The highest BCUT2D eigenvalue weighted by Gasteiger charge is 2.23. The van der Waals surface area contributed by atoms with Crippen LogP contribution >= 0.6 is 11.8 Å². The van der Waals surface area contributed by atoms with E-state index in [1.165, 1.54) is 4.90 Å². The van der Waals surface area contributed by atoms with Crippen molar-refractivity contribution in [2.75, 3.05) is 11.9 Å². The monoisotopic (exact) mass is 315 g/mol. The molecule has 0 saturated heterocycles. The normalized spacial score (nSPS) is 14.0. The number of para-hydroxylation sites is 1. The van der Waals surface area contributed by atoms with E-state index in [2.05, 4.69) is 17.0 Å². The fourth-order valence-electron chi connectivity index (χ4n) is 2.54. The Kier molecular flexibility index (Phi) is 3.72. The van der Waals surface area contributed by atoms with Gasteiger partial charge in [0.15, 0.2) is 0 Å². The molecule has 22 heavy (non-hydrogen) atoms. The number of nitrogens with two attached hydrogens (primary N) is 1. The molecule has 0 aliphatic carbocycles. The third kappa shape index (κ3) is 2.40. The van der Waals surface area contributed by atoms with E-state index in [9.17, 15) is 10.0 Å². The molecule has 5 nitrogen and oxygen atoms in total. The van der Waals surface area contributed by atoms with Crippen molar-refractivity contribution >= 4 is 29.2 Å². The predicted molar refractivity (Wildman–Crippen MR) is 86.7 cm³/mol. The van der Waals surface area contributed by atoms with E-state index in [4.69, 9.17) is 5.73 Å². The number of carbonyl (C=O) groups is 1. The van der Waals surface area contributed by atoms with Gasteiger partial charge in [-0.05, 0) is 36.8 Å². The van der Waals surface area contributed by atoms with E-state index >= 15 is 0 Å². The van der Waals surface area contributed by atoms with Gasteiger partial charge in [-0.3, -0.25) is 5.21 Å². The number of nitrogens with zero attached hydrogens (tertiary/aromatic N) is 2. The van der Waals surface area contributed by atoms with E-state index < -0.39 is 12.1 Å². The maximum absolute atomic E-state index is 11.1. The van der Waals surface area contributed by atoms with Crippen LogP contribution in [0.25, 0.3) is 0 Å². The molecule has 1 aliphatic heterocycles. The van der Waals surface area contributed by atoms with Gasteiger partial charge >= 0.3 is 6.03 Å². The highest BCUT2D eigenvalue weighted by atomic mass is 32.2. The standard InChI is InChI=1S/C16H17N3O2S/c1-10(19(21)16(17)20)11-7-8-15-13(9-11)18(2)12-5-3-4-6-14(12)22-15/h3-10,21H,1-2H3,(H2,17,20). The number of anilines is 2. The summed E-state index contributed by atoms with van der Waals surface area (Å²) in [6.45, 7) is 1.73. The lowest BCUT2D eigenvalue weighted by atomic mass is 10.1. The molecule has 6 heteroatoms.